The first-order chi connectivity index (χ1) is 16.2. The summed E-state index contributed by atoms with van der Waals surface area (Å²) >= 11 is 1.31. The normalized spacial score (nSPS) is 17.1. The predicted molar refractivity (Wildman–Crippen MR) is 133 cm³/mol. The Morgan fingerprint density at radius 2 is 1.94 bits per heavy atom. The van der Waals surface area contributed by atoms with Crippen molar-refractivity contribution < 1.29 is 17.9 Å². The average molecular weight is 503 g/mol. The number of ether oxygens (including phenoxy) is 1. The van der Waals surface area contributed by atoms with Crippen LogP contribution in [-0.2, 0) is 14.8 Å². The Kier molecular flexibility index (Phi) is 7.20. The minimum absolute atomic E-state index is 0.0557. The zero-order chi connectivity index (χ0) is 24.5. The van der Waals surface area contributed by atoms with Crippen molar-refractivity contribution >= 4 is 38.7 Å². The molecule has 1 atom stereocenters. The number of aromatic amines is 1. The van der Waals surface area contributed by atoms with E-state index in [-0.39, 0.29) is 29.0 Å². The lowest BCUT2D eigenvalue weighted by molar-refractivity contribution is -0.130. The number of thioether (sulfide) groups is 1. The maximum Gasteiger partial charge on any atom is 0.244 e. The minimum atomic E-state index is -3.71. The van der Waals surface area contributed by atoms with E-state index in [9.17, 15) is 13.2 Å². The topological polar surface area (TPSA) is 95.6 Å². The first-order valence-electron chi connectivity index (χ1n) is 11.3. The maximum absolute atomic E-state index is 13.3. The molecule has 8 nitrogen and oxygen atoms in total. The molecule has 1 aromatic heterocycles. The van der Waals surface area contributed by atoms with Crippen molar-refractivity contribution in [1.29, 1.82) is 0 Å². The van der Waals surface area contributed by atoms with Gasteiger partial charge in [0.1, 0.15) is 11.9 Å². The molecule has 1 aliphatic rings. The van der Waals surface area contributed by atoms with Gasteiger partial charge in [-0.1, -0.05) is 43.3 Å². The van der Waals surface area contributed by atoms with Gasteiger partial charge in [-0.15, -0.1) is 0 Å². The Bertz CT molecular complexity index is 1270. The van der Waals surface area contributed by atoms with Crippen LogP contribution in [0.1, 0.15) is 26.3 Å². The van der Waals surface area contributed by atoms with E-state index in [4.69, 9.17) is 4.74 Å². The van der Waals surface area contributed by atoms with Crippen LogP contribution >= 0.6 is 11.8 Å². The molecular formula is C24H30N4O4S2. The fourth-order valence-corrected chi connectivity index (χ4v) is 6.69. The third-order valence-electron chi connectivity index (χ3n) is 5.79. The van der Waals surface area contributed by atoms with E-state index in [1.165, 1.54) is 16.1 Å². The number of carbonyl (C=O) groups excluding carboxylic acids is 1. The van der Waals surface area contributed by atoms with E-state index in [1.807, 2.05) is 45.9 Å². The number of hydrogen-bond donors (Lipinski definition) is 1. The Balaban J connectivity index is 1.47. The fraction of sp³-hybridized carbons (Fsp3) is 0.417. The highest BCUT2D eigenvalue weighted by molar-refractivity contribution is 7.99. The molecule has 2 heterocycles. The van der Waals surface area contributed by atoms with Gasteiger partial charge >= 0.3 is 0 Å². The number of fused-ring (bicyclic) bond motifs is 1. The van der Waals surface area contributed by atoms with Crippen LogP contribution in [0, 0.1) is 12.8 Å². The standard InChI is InChI=1S/C24H30N4O4S2/c1-5-32-18-8-11-20-21(14-18)26-24(25-20)33-15-22(29)27-12-13-28(23(27)16(2)3)34(30,31)19-9-6-17(4)7-10-19/h6-11,14,16,23H,5,12-13,15H2,1-4H3,(H,25,26)/t23-/m0/s1. The van der Waals surface area contributed by atoms with Gasteiger partial charge in [0.05, 0.1) is 28.3 Å². The lowest BCUT2D eigenvalue weighted by Gasteiger charge is -2.32. The first kappa shape index (κ1) is 24.6. The second-order valence-electron chi connectivity index (χ2n) is 8.62. The van der Waals surface area contributed by atoms with Gasteiger partial charge < -0.3 is 14.6 Å². The third-order valence-corrected chi connectivity index (χ3v) is 8.54. The number of sulfonamides is 1. The molecule has 1 fully saturated rings. The van der Waals surface area contributed by atoms with Gasteiger partial charge in [0.15, 0.2) is 5.16 Å². The smallest absolute Gasteiger partial charge is 0.244 e. The zero-order valence-electron chi connectivity index (χ0n) is 19.8. The van der Waals surface area contributed by atoms with Crippen molar-refractivity contribution in [3.63, 3.8) is 0 Å². The number of imidazole rings is 1. The summed E-state index contributed by atoms with van der Waals surface area (Å²) < 4.78 is 33.7. The molecule has 2 aromatic carbocycles. The highest BCUT2D eigenvalue weighted by Gasteiger charge is 2.43. The second kappa shape index (κ2) is 9.97. The van der Waals surface area contributed by atoms with E-state index >= 15 is 0 Å². The number of aryl methyl sites for hydroxylation is 1. The molecule has 3 aromatic rings. The largest absolute Gasteiger partial charge is 0.494 e. The highest BCUT2D eigenvalue weighted by atomic mass is 32.2. The number of H-pyrrole nitrogens is 1. The summed E-state index contributed by atoms with van der Waals surface area (Å²) in [5, 5.41) is 0.640. The summed E-state index contributed by atoms with van der Waals surface area (Å²) in [5.74, 6) is 0.762. The molecular weight excluding hydrogens is 472 g/mol. The Morgan fingerprint density at radius 1 is 1.21 bits per heavy atom. The van der Waals surface area contributed by atoms with Crippen molar-refractivity contribution in [2.45, 2.75) is 43.9 Å². The molecule has 4 rings (SSSR count). The van der Waals surface area contributed by atoms with Crippen LogP contribution in [0.15, 0.2) is 52.5 Å². The highest BCUT2D eigenvalue weighted by Crippen LogP contribution is 2.30. The van der Waals surface area contributed by atoms with Gasteiger partial charge in [0, 0.05) is 19.2 Å². The van der Waals surface area contributed by atoms with Crippen LogP contribution in [0.25, 0.3) is 11.0 Å². The average Bonchev–Trinajstić information content (AvgIpc) is 3.42. The summed E-state index contributed by atoms with van der Waals surface area (Å²) in [6.45, 7) is 8.96. The van der Waals surface area contributed by atoms with Gasteiger partial charge in [0.25, 0.3) is 0 Å². The van der Waals surface area contributed by atoms with E-state index in [2.05, 4.69) is 9.97 Å². The number of nitrogens with one attached hydrogen (secondary N) is 1. The summed E-state index contributed by atoms with van der Waals surface area (Å²) in [6.07, 6.45) is -0.524. The Morgan fingerprint density at radius 3 is 2.62 bits per heavy atom. The summed E-state index contributed by atoms with van der Waals surface area (Å²) in [4.78, 5) is 22.9. The molecule has 10 heteroatoms. The summed E-state index contributed by atoms with van der Waals surface area (Å²) in [7, 11) is -3.71. The van der Waals surface area contributed by atoms with Crippen LogP contribution in [0.5, 0.6) is 5.75 Å². The van der Waals surface area contributed by atoms with E-state index in [0.717, 1.165) is 22.3 Å². The summed E-state index contributed by atoms with van der Waals surface area (Å²) in [5.41, 5.74) is 2.64. The SMILES string of the molecule is CCOc1ccc2nc(SCC(=O)N3CCN(S(=O)(=O)c4ccc(C)cc4)[C@H]3C(C)C)[nH]c2c1. The number of benzene rings is 2. The van der Waals surface area contributed by atoms with Crippen molar-refractivity contribution in [2.24, 2.45) is 5.92 Å². The molecule has 34 heavy (non-hydrogen) atoms. The molecule has 0 aliphatic carbocycles. The molecule has 1 N–H and O–H groups in total. The van der Waals surface area contributed by atoms with Gasteiger partial charge in [-0.3, -0.25) is 4.79 Å². The Hall–Kier alpha value is -2.56. The van der Waals surface area contributed by atoms with Gasteiger partial charge in [0.2, 0.25) is 15.9 Å². The number of aromatic nitrogens is 2. The number of hydrogen-bond acceptors (Lipinski definition) is 6. The zero-order valence-corrected chi connectivity index (χ0v) is 21.4. The quantitative estimate of drug-likeness (QED) is 0.470. The van der Waals surface area contributed by atoms with Crippen LogP contribution in [0.4, 0.5) is 0 Å². The number of nitrogens with zero attached hydrogens (tertiary/aromatic N) is 3. The Labute approximate surface area is 204 Å². The molecule has 1 aliphatic heterocycles. The van der Waals surface area contributed by atoms with Crippen molar-refractivity contribution in [3.05, 3.63) is 48.0 Å². The molecule has 1 saturated heterocycles. The molecule has 0 unspecified atom stereocenters. The maximum atomic E-state index is 13.3. The predicted octanol–water partition coefficient (Wildman–Crippen LogP) is 3.88. The minimum Gasteiger partial charge on any atom is -0.494 e. The fourth-order valence-electron chi connectivity index (χ4n) is 4.20. The van der Waals surface area contributed by atoms with Gasteiger partial charge in [-0.2, -0.15) is 4.31 Å². The van der Waals surface area contributed by atoms with Gasteiger partial charge in [-0.05, 0) is 44.0 Å². The van der Waals surface area contributed by atoms with E-state index in [0.29, 0.717) is 18.3 Å². The second-order valence-corrected chi connectivity index (χ2v) is 11.5. The summed E-state index contributed by atoms with van der Waals surface area (Å²) in [6, 6.07) is 12.5. The van der Waals surface area contributed by atoms with E-state index < -0.39 is 16.2 Å². The molecule has 0 saturated carbocycles. The molecule has 182 valence electrons. The van der Waals surface area contributed by atoms with Gasteiger partial charge in [-0.25, -0.2) is 13.4 Å². The first-order valence-corrected chi connectivity index (χ1v) is 13.8. The van der Waals surface area contributed by atoms with Crippen LogP contribution in [0.3, 0.4) is 0 Å². The third kappa shape index (κ3) is 4.94. The van der Waals surface area contributed by atoms with Crippen LogP contribution in [-0.4, -0.2) is 65.1 Å². The molecule has 0 spiro atoms. The number of amides is 1. The number of rotatable bonds is 8. The molecule has 1 amide bonds. The van der Waals surface area contributed by atoms with Crippen molar-refractivity contribution in [1.82, 2.24) is 19.2 Å². The van der Waals surface area contributed by atoms with Crippen molar-refractivity contribution in [2.75, 3.05) is 25.4 Å². The van der Waals surface area contributed by atoms with Crippen molar-refractivity contribution in [3.8, 4) is 5.75 Å². The number of carbonyl (C=O) groups is 1. The molecule has 0 radical (unpaired) electrons. The lowest BCUT2D eigenvalue weighted by Crippen LogP contribution is -2.48. The van der Waals surface area contributed by atoms with Crippen LogP contribution in [0.2, 0.25) is 0 Å². The lowest BCUT2D eigenvalue weighted by atomic mass is 10.1. The molecule has 0 bridgehead atoms. The monoisotopic (exact) mass is 502 g/mol. The van der Waals surface area contributed by atoms with E-state index in [1.54, 1.807) is 29.2 Å². The van der Waals surface area contributed by atoms with Crippen LogP contribution < -0.4 is 4.74 Å².